The topological polar surface area (TPSA) is 58.3 Å². The monoisotopic (exact) mass is 426 g/mol. The maximum atomic E-state index is 4.53. The van der Waals surface area contributed by atoms with Crippen molar-refractivity contribution in [2.75, 3.05) is 32.4 Å². The highest BCUT2D eigenvalue weighted by molar-refractivity contribution is 7.99. The predicted molar refractivity (Wildman–Crippen MR) is 124 cm³/mol. The third-order valence-corrected chi connectivity index (χ3v) is 7.32. The van der Waals surface area contributed by atoms with Gasteiger partial charge in [0.1, 0.15) is 11.6 Å². The minimum Gasteiger partial charge on any atom is -0.356 e. The van der Waals surface area contributed by atoms with Crippen LogP contribution in [0, 0.1) is 5.92 Å². The fraction of sp³-hybridized carbons (Fsp3) is 0.609. The van der Waals surface area contributed by atoms with Crippen molar-refractivity contribution in [3.05, 3.63) is 42.0 Å². The van der Waals surface area contributed by atoms with E-state index >= 15 is 0 Å². The Morgan fingerprint density at radius 2 is 2.07 bits per heavy atom. The number of fused-ring (bicyclic) bond motifs is 1. The molecular formula is C23H34N6S. The van der Waals surface area contributed by atoms with Crippen LogP contribution in [0.3, 0.4) is 0 Å². The average molecular weight is 427 g/mol. The molecule has 30 heavy (non-hydrogen) atoms. The molecule has 1 aromatic carbocycles. The molecule has 0 aliphatic carbocycles. The third kappa shape index (κ3) is 5.56. The van der Waals surface area contributed by atoms with Gasteiger partial charge in [0, 0.05) is 56.7 Å². The number of aliphatic imine (C=N–C) groups is 1. The molecule has 0 saturated carbocycles. The van der Waals surface area contributed by atoms with E-state index in [1.807, 2.05) is 18.8 Å². The highest BCUT2D eigenvalue weighted by Crippen LogP contribution is 2.25. The van der Waals surface area contributed by atoms with Gasteiger partial charge in [-0.05, 0) is 43.7 Å². The molecule has 0 bridgehead atoms. The molecule has 2 aliphatic rings. The van der Waals surface area contributed by atoms with Crippen LogP contribution in [-0.2, 0) is 19.4 Å². The molecule has 162 valence electrons. The molecule has 6 nitrogen and oxygen atoms in total. The Morgan fingerprint density at radius 3 is 2.93 bits per heavy atom. The van der Waals surface area contributed by atoms with Crippen LogP contribution in [0.2, 0.25) is 0 Å². The number of guanidine groups is 1. The van der Waals surface area contributed by atoms with Gasteiger partial charge in [-0.3, -0.25) is 4.99 Å². The van der Waals surface area contributed by atoms with E-state index in [0.717, 1.165) is 63.1 Å². The van der Waals surface area contributed by atoms with Gasteiger partial charge in [0.15, 0.2) is 5.96 Å². The molecule has 4 rings (SSSR count). The second kappa shape index (κ2) is 10.8. The van der Waals surface area contributed by atoms with Crippen LogP contribution in [0.15, 0.2) is 40.2 Å². The summed E-state index contributed by atoms with van der Waals surface area (Å²) in [6.07, 6.45) is 8.16. The van der Waals surface area contributed by atoms with E-state index in [4.69, 9.17) is 0 Å². The fourth-order valence-electron chi connectivity index (χ4n) is 4.40. The predicted octanol–water partition coefficient (Wildman–Crippen LogP) is 3.63. The summed E-state index contributed by atoms with van der Waals surface area (Å²) < 4.78 is 2.36. The molecule has 3 heterocycles. The number of nitrogens with one attached hydrogen (secondary N) is 1. The summed E-state index contributed by atoms with van der Waals surface area (Å²) in [5, 5.41) is 12.4. The standard InChI is InChI=1S/C23H34N6S/c1-24-23(28-16-13-19(17-28)18-30-20-9-4-2-5-10-20)25-14-8-12-22-27-26-21-11-6-3-7-15-29(21)22/h2,4-5,9-10,19H,3,6-8,11-18H2,1H3,(H,24,25). The largest absolute Gasteiger partial charge is 0.356 e. The maximum Gasteiger partial charge on any atom is 0.193 e. The highest BCUT2D eigenvalue weighted by Gasteiger charge is 2.24. The highest BCUT2D eigenvalue weighted by atomic mass is 32.2. The van der Waals surface area contributed by atoms with E-state index in [9.17, 15) is 0 Å². The van der Waals surface area contributed by atoms with Crippen LogP contribution < -0.4 is 5.32 Å². The zero-order valence-corrected chi connectivity index (χ0v) is 18.9. The van der Waals surface area contributed by atoms with Crippen LogP contribution in [0.5, 0.6) is 0 Å². The lowest BCUT2D eigenvalue weighted by Crippen LogP contribution is -2.40. The zero-order valence-electron chi connectivity index (χ0n) is 18.1. The maximum absolute atomic E-state index is 4.53. The minimum atomic E-state index is 0.722. The molecule has 1 saturated heterocycles. The number of rotatable bonds is 7. The number of hydrogen-bond acceptors (Lipinski definition) is 4. The van der Waals surface area contributed by atoms with Crippen molar-refractivity contribution in [2.24, 2.45) is 10.9 Å². The van der Waals surface area contributed by atoms with Gasteiger partial charge in [-0.25, -0.2) is 0 Å². The Bertz CT molecular complexity index is 818. The van der Waals surface area contributed by atoms with E-state index in [1.165, 1.54) is 42.2 Å². The Hall–Kier alpha value is -2.02. The molecule has 0 radical (unpaired) electrons. The SMILES string of the molecule is CN=C(NCCCc1nnc2n1CCCCC2)N1CCC(CSc2ccccc2)C1. The molecular weight excluding hydrogens is 392 g/mol. The average Bonchev–Trinajstić information content (AvgIpc) is 3.33. The van der Waals surface area contributed by atoms with E-state index in [0.29, 0.717) is 0 Å². The molecule has 1 N–H and O–H groups in total. The van der Waals surface area contributed by atoms with E-state index in [2.05, 4.69) is 60.3 Å². The molecule has 2 aromatic rings. The number of aromatic nitrogens is 3. The van der Waals surface area contributed by atoms with Gasteiger partial charge in [0.05, 0.1) is 0 Å². The van der Waals surface area contributed by atoms with Gasteiger partial charge >= 0.3 is 0 Å². The van der Waals surface area contributed by atoms with Crippen molar-refractivity contribution in [3.8, 4) is 0 Å². The second-order valence-electron chi connectivity index (χ2n) is 8.30. The summed E-state index contributed by atoms with van der Waals surface area (Å²) in [6.45, 7) is 4.20. The third-order valence-electron chi connectivity index (χ3n) is 6.07. The summed E-state index contributed by atoms with van der Waals surface area (Å²) in [6, 6.07) is 10.7. The normalized spacial score (nSPS) is 19.6. The van der Waals surface area contributed by atoms with Crippen molar-refractivity contribution in [1.29, 1.82) is 0 Å². The number of hydrogen-bond donors (Lipinski definition) is 1. The molecule has 0 spiro atoms. The molecule has 0 amide bonds. The Morgan fingerprint density at radius 1 is 1.17 bits per heavy atom. The number of aryl methyl sites for hydroxylation is 2. The van der Waals surface area contributed by atoms with Crippen LogP contribution in [0.25, 0.3) is 0 Å². The van der Waals surface area contributed by atoms with Gasteiger partial charge in [0.25, 0.3) is 0 Å². The summed E-state index contributed by atoms with van der Waals surface area (Å²) in [7, 11) is 1.90. The summed E-state index contributed by atoms with van der Waals surface area (Å²) in [4.78, 5) is 8.31. The van der Waals surface area contributed by atoms with Gasteiger partial charge in [-0.2, -0.15) is 0 Å². The lowest BCUT2D eigenvalue weighted by atomic mass is 10.2. The van der Waals surface area contributed by atoms with Crippen molar-refractivity contribution >= 4 is 17.7 Å². The summed E-state index contributed by atoms with van der Waals surface area (Å²) in [5.41, 5.74) is 0. The minimum absolute atomic E-state index is 0.722. The van der Waals surface area contributed by atoms with Crippen molar-refractivity contribution in [2.45, 2.75) is 56.4 Å². The summed E-state index contributed by atoms with van der Waals surface area (Å²) >= 11 is 1.97. The smallest absolute Gasteiger partial charge is 0.193 e. The second-order valence-corrected chi connectivity index (χ2v) is 9.39. The van der Waals surface area contributed by atoms with Crippen molar-refractivity contribution in [3.63, 3.8) is 0 Å². The number of nitrogens with zero attached hydrogens (tertiary/aromatic N) is 5. The Kier molecular flexibility index (Phi) is 7.67. The molecule has 7 heteroatoms. The molecule has 1 unspecified atom stereocenters. The first-order valence-electron chi connectivity index (χ1n) is 11.4. The van der Waals surface area contributed by atoms with Crippen LogP contribution in [-0.4, -0.2) is 58.1 Å². The van der Waals surface area contributed by atoms with Crippen LogP contribution in [0.4, 0.5) is 0 Å². The lowest BCUT2D eigenvalue weighted by molar-refractivity contribution is 0.473. The van der Waals surface area contributed by atoms with Gasteiger partial charge in [-0.15, -0.1) is 22.0 Å². The summed E-state index contributed by atoms with van der Waals surface area (Å²) in [5.74, 6) is 5.28. The van der Waals surface area contributed by atoms with Crippen LogP contribution >= 0.6 is 11.8 Å². The number of likely N-dealkylation sites (tertiary alicyclic amines) is 1. The van der Waals surface area contributed by atoms with E-state index in [-0.39, 0.29) is 0 Å². The lowest BCUT2D eigenvalue weighted by Gasteiger charge is -2.21. The first kappa shape index (κ1) is 21.2. The van der Waals surface area contributed by atoms with E-state index in [1.54, 1.807) is 0 Å². The first-order chi connectivity index (χ1) is 14.8. The van der Waals surface area contributed by atoms with Crippen LogP contribution in [0.1, 0.15) is 43.8 Å². The fourth-order valence-corrected chi connectivity index (χ4v) is 5.45. The van der Waals surface area contributed by atoms with Gasteiger partial charge in [-0.1, -0.05) is 24.6 Å². The first-order valence-corrected chi connectivity index (χ1v) is 12.4. The Balaban J connectivity index is 1.19. The van der Waals surface area contributed by atoms with Gasteiger partial charge < -0.3 is 14.8 Å². The Labute approximate surface area is 184 Å². The van der Waals surface area contributed by atoms with Gasteiger partial charge in [0.2, 0.25) is 0 Å². The number of thioether (sulfide) groups is 1. The van der Waals surface area contributed by atoms with Crippen molar-refractivity contribution < 1.29 is 0 Å². The number of benzene rings is 1. The molecule has 1 aromatic heterocycles. The van der Waals surface area contributed by atoms with E-state index < -0.39 is 0 Å². The van der Waals surface area contributed by atoms with Crippen molar-refractivity contribution in [1.82, 2.24) is 25.0 Å². The molecule has 1 fully saturated rings. The quantitative estimate of drug-likeness (QED) is 0.317. The molecule has 1 atom stereocenters. The molecule has 2 aliphatic heterocycles. The zero-order chi connectivity index (χ0) is 20.6.